The average molecular weight is 487 g/mol. The van der Waals surface area contributed by atoms with Crippen LogP contribution in [0.3, 0.4) is 0 Å². The van der Waals surface area contributed by atoms with Gasteiger partial charge in [0, 0.05) is 12.7 Å². The summed E-state index contributed by atoms with van der Waals surface area (Å²) in [5, 5.41) is 25.9. The lowest BCUT2D eigenvalue weighted by Crippen LogP contribution is -2.32. The number of pyridine rings is 1. The molecule has 2 aromatic heterocycles. The Balaban J connectivity index is 1.62. The lowest BCUT2D eigenvalue weighted by atomic mass is 10.0. The van der Waals surface area contributed by atoms with Crippen LogP contribution < -0.4 is 10.6 Å². The van der Waals surface area contributed by atoms with E-state index in [9.17, 15) is 24.2 Å². The van der Waals surface area contributed by atoms with Gasteiger partial charge < -0.3 is 20.8 Å². The van der Waals surface area contributed by atoms with Gasteiger partial charge in [-0.1, -0.05) is 48.5 Å². The van der Waals surface area contributed by atoms with E-state index in [4.69, 9.17) is 0 Å². The minimum absolute atomic E-state index is 0.0303. The fraction of sp³-hybridized carbons (Fsp3) is 0.115. The first kappa shape index (κ1) is 24.3. The van der Waals surface area contributed by atoms with Crippen LogP contribution in [0.5, 0.6) is 11.6 Å². The second kappa shape index (κ2) is 11.0. The number of carbonyl (C=O) groups excluding carboxylic acids is 2. The fourth-order valence-electron chi connectivity index (χ4n) is 3.43. The zero-order valence-corrected chi connectivity index (χ0v) is 18.9. The lowest BCUT2D eigenvalue weighted by molar-refractivity contribution is 0.0929. The molecule has 0 bridgehead atoms. The number of nitrogens with zero attached hydrogens (tertiary/aromatic N) is 3. The van der Waals surface area contributed by atoms with Crippen LogP contribution in [0.15, 0.2) is 79.0 Å². The molecule has 4 rings (SSSR count). The molecule has 4 N–H and O–H groups in total. The molecule has 2 aromatic carbocycles. The number of hydrogen-bond acceptors (Lipinski definition) is 7. The molecule has 0 spiro atoms. The van der Waals surface area contributed by atoms with Crippen molar-refractivity contribution in [2.75, 3.05) is 0 Å². The normalized spacial score (nSPS) is 11.5. The zero-order valence-electron chi connectivity index (χ0n) is 18.9. The van der Waals surface area contributed by atoms with Crippen molar-refractivity contribution in [3.8, 4) is 11.6 Å². The Morgan fingerprint density at radius 1 is 0.861 bits per heavy atom. The van der Waals surface area contributed by atoms with Gasteiger partial charge in [-0.25, -0.2) is 9.37 Å². The van der Waals surface area contributed by atoms with Crippen molar-refractivity contribution >= 4 is 11.8 Å². The third-order valence-corrected chi connectivity index (χ3v) is 5.26. The Morgan fingerprint density at radius 3 is 2.28 bits per heavy atom. The number of rotatable bonds is 8. The summed E-state index contributed by atoms with van der Waals surface area (Å²) in [5.41, 5.74) is 1.15. The minimum atomic E-state index is -0.864. The van der Waals surface area contributed by atoms with Gasteiger partial charge in [0.15, 0.2) is 11.5 Å². The second-order valence-electron chi connectivity index (χ2n) is 7.84. The average Bonchev–Trinajstić information content (AvgIpc) is 2.90. The molecule has 36 heavy (non-hydrogen) atoms. The van der Waals surface area contributed by atoms with Gasteiger partial charge in [-0.15, -0.1) is 0 Å². The highest BCUT2D eigenvalue weighted by Gasteiger charge is 2.26. The van der Waals surface area contributed by atoms with Gasteiger partial charge in [-0.2, -0.15) is 4.98 Å². The Hall–Kier alpha value is -4.86. The number of aromatic nitrogens is 3. The van der Waals surface area contributed by atoms with Crippen LogP contribution in [0, 0.1) is 5.82 Å². The molecular weight excluding hydrogens is 465 g/mol. The highest BCUT2D eigenvalue weighted by Crippen LogP contribution is 2.28. The predicted octanol–water partition coefficient (Wildman–Crippen LogP) is 3.07. The summed E-state index contributed by atoms with van der Waals surface area (Å²) in [7, 11) is 0. The lowest BCUT2D eigenvalue weighted by Gasteiger charge is -2.19. The predicted molar refractivity (Wildman–Crippen MR) is 128 cm³/mol. The Morgan fingerprint density at radius 2 is 1.58 bits per heavy atom. The molecule has 10 heteroatoms. The van der Waals surface area contributed by atoms with Crippen molar-refractivity contribution < 1.29 is 24.2 Å². The summed E-state index contributed by atoms with van der Waals surface area (Å²) >= 11 is 0. The maximum absolute atomic E-state index is 13.1. The number of hydrogen-bond donors (Lipinski definition) is 4. The largest absolute Gasteiger partial charge is 0.501 e. The summed E-state index contributed by atoms with van der Waals surface area (Å²) in [6, 6.07) is 18.7. The van der Waals surface area contributed by atoms with Crippen molar-refractivity contribution in [3.05, 3.63) is 113 Å². The van der Waals surface area contributed by atoms with Crippen molar-refractivity contribution in [3.63, 3.8) is 0 Å². The summed E-state index contributed by atoms with van der Waals surface area (Å²) in [6.45, 7) is 0.0303. The maximum atomic E-state index is 13.1. The van der Waals surface area contributed by atoms with E-state index in [1.807, 2.05) is 30.3 Å². The highest BCUT2D eigenvalue weighted by molar-refractivity contribution is 5.95. The van der Waals surface area contributed by atoms with Gasteiger partial charge in [-0.3, -0.25) is 14.6 Å². The van der Waals surface area contributed by atoms with Gasteiger partial charge in [0.25, 0.3) is 17.7 Å². The van der Waals surface area contributed by atoms with Crippen LogP contribution >= 0.6 is 0 Å². The van der Waals surface area contributed by atoms with Gasteiger partial charge >= 0.3 is 0 Å². The van der Waals surface area contributed by atoms with Crippen molar-refractivity contribution in [1.29, 1.82) is 0 Å². The summed E-state index contributed by atoms with van der Waals surface area (Å²) in [4.78, 5) is 37.8. The number of carbonyl (C=O) groups is 2. The van der Waals surface area contributed by atoms with Crippen LogP contribution in [-0.4, -0.2) is 37.0 Å². The van der Waals surface area contributed by atoms with E-state index in [1.165, 1.54) is 30.5 Å². The molecule has 0 aliphatic rings. The van der Waals surface area contributed by atoms with E-state index >= 15 is 0 Å². The molecule has 0 saturated carbocycles. The third-order valence-electron chi connectivity index (χ3n) is 5.26. The number of amides is 2. The molecule has 0 fully saturated rings. The molecule has 2 heterocycles. The SMILES string of the molecule is O=C(NC(Cc1ccccc1)c1nc(O)c(O)c(C(=O)NCc2ccc(F)cc2)n1)c1ccccn1. The van der Waals surface area contributed by atoms with Crippen molar-refractivity contribution in [2.24, 2.45) is 0 Å². The first-order valence-electron chi connectivity index (χ1n) is 11.0. The molecular formula is C26H22FN5O4. The van der Waals surface area contributed by atoms with Gasteiger partial charge in [0.1, 0.15) is 11.5 Å². The molecule has 0 radical (unpaired) electrons. The molecule has 0 aliphatic carbocycles. The molecule has 4 aromatic rings. The summed E-state index contributed by atoms with van der Waals surface area (Å²) in [6.07, 6.45) is 1.72. The Bertz CT molecular complexity index is 1350. The van der Waals surface area contributed by atoms with Crippen LogP contribution in [0.4, 0.5) is 4.39 Å². The first-order chi connectivity index (χ1) is 17.4. The second-order valence-corrected chi connectivity index (χ2v) is 7.84. The quantitative estimate of drug-likeness (QED) is 0.300. The molecule has 0 aliphatic heterocycles. The topological polar surface area (TPSA) is 137 Å². The Labute approximate surface area is 205 Å². The maximum Gasteiger partial charge on any atom is 0.274 e. The van der Waals surface area contributed by atoms with E-state index in [0.717, 1.165) is 5.56 Å². The van der Waals surface area contributed by atoms with Gasteiger partial charge in [-0.05, 0) is 41.8 Å². The van der Waals surface area contributed by atoms with E-state index in [2.05, 4.69) is 25.6 Å². The summed E-state index contributed by atoms with van der Waals surface area (Å²) < 4.78 is 13.1. The fourth-order valence-corrected chi connectivity index (χ4v) is 3.43. The van der Waals surface area contributed by atoms with Crippen LogP contribution in [0.2, 0.25) is 0 Å². The number of nitrogens with one attached hydrogen (secondary N) is 2. The number of benzene rings is 2. The standard InChI is InChI=1S/C26H22FN5O4/c27-18-11-9-17(10-12-18)15-29-25(35)21-22(33)26(36)32-23(31-21)20(14-16-6-2-1-3-7-16)30-24(34)19-8-4-5-13-28-19/h1-13,20,33H,14-15H2,(H,29,35)(H,30,34)(H,31,32,36). The van der Waals surface area contributed by atoms with Crippen molar-refractivity contribution in [2.45, 2.75) is 19.0 Å². The van der Waals surface area contributed by atoms with Crippen LogP contribution in [-0.2, 0) is 13.0 Å². The molecule has 9 nitrogen and oxygen atoms in total. The molecule has 1 atom stereocenters. The minimum Gasteiger partial charge on any atom is -0.501 e. The molecule has 1 unspecified atom stereocenters. The monoisotopic (exact) mass is 487 g/mol. The molecule has 2 amide bonds. The first-order valence-corrected chi connectivity index (χ1v) is 11.0. The van der Waals surface area contributed by atoms with E-state index in [0.29, 0.717) is 5.56 Å². The highest BCUT2D eigenvalue weighted by atomic mass is 19.1. The number of halogens is 1. The smallest absolute Gasteiger partial charge is 0.274 e. The molecule has 0 saturated heterocycles. The van der Waals surface area contributed by atoms with Crippen LogP contribution in [0.25, 0.3) is 0 Å². The van der Waals surface area contributed by atoms with Gasteiger partial charge in [0.05, 0.1) is 6.04 Å². The zero-order chi connectivity index (χ0) is 25.5. The van der Waals surface area contributed by atoms with E-state index in [-0.39, 0.29) is 24.5 Å². The van der Waals surface area contributed by atoms with E-state index < -0.39 is 41.0 Å². The van der Waals surface area contributed by atoms with E-state index in [1.54, 1.807) is 18.2 Å². The van der Waals surface area contributed by atoms with Gasteiger partial charge in [0.2, 0.25) is 5.75 Å². The van der Waals surface area contributed by atoms with Crippen molar-refractivity contribution in [1.82, 2.24) is 25.6 Å². The molecule has 182 valence electrons. The van der Waals surface area contributed by atoms with Crippen LogP contribution in [0.1, 0.15) is 44.0 Å². The number of aromatic hydroxyl groups is 2. The summed E-state index contributed by atoms with van der Waals surface area (Å²) in [5.74, 6) is -3.39. The third kappa shape index (κ3) is 5.98. The Kier molecular flexibility index (Phi) is 7.45.